The number of likely N-dealkylation sites (tertiary alicyclic amines) is 1. The van der Waals surface area contributed by atoms with Crippen molar-refractivity contribution in [1.82, 2.24) is 15.2 Å². The molecule has 1 saturated carbocycles. The Balaban J connectivity index is 1.28. The van der Waals surface area contributed by atoms with Crippen LogP contribution in [-0.4, -0.2) is 34.8 Å². The van der Waals surface area contributed by atoms with Crippen LogP contribution < -0.4 is 10.1 Å². The van der Waals surface area contributed by atoms with Gasteiger partial charge in [-0.15, -0.1) is 0 Å². The normalized spacial score (nSPS) is 18.8. The number of benzene rings is 1. The van der Waals surface area contributed by atoms with E-state index in [1.54, 1.807) is 12.3 Å². The Hall–Kier alpha value is -2.89. The molecule has 0 bridgehead atoms. The minimum atomic E-state index is -0.249. The van der Waals surface area contributed by atoms with Gasteiger partial charge in [-0.05, 0) is 55.4 Å². The number of hydrogen-bond acceptors (Lipinski definition) is 4. The number of hydrogen-bond donors (Lipinski definition) is 1. The van der Waals surface area contributed by atoms with Gasteiger partial charge in [0.05, 0.1) is 5.92 Å². The van der Waals surface area contributed by atoms with E-state index in [-0.39, 0.29) is 17.7 Å². The molecular weight excluding hydrogens is 366 g/mol. The van der Waals surface area contributed by atoms with Gasteiger partial charge in [-0.2, -0.15) is 0 Å². The quantitative estimate of drug-likeness (QED) is 0.783. The van der Waals surface area contributed by atoms with E-state index in [9.17, 15) is 9.59 Å². The molecule has 2 heterocycles. The lowest BCUT2D eigenvalue weighted by molar-refractivity contribution is -0.129. The van der Waals surface area contributed by atoms with E-state index in [0.717, 1.165) is 29.0 Å². The Kier molecular flexibility index (Phi) is 5.51. The molecule has 1 aromatic heterocycles. The Morgan fingerprint density at radius 3 is 2.79 bits per heavy atom. The molecule has 2 amide bonds. The fourth-order valence-electron chi connectivity index (χ4n) is 3.58. The van der Waals surface area contributed by atoms with E-state index >= 15 is 0 Å². The molecule has 6 nitrogen and oxygen atoms in total. The predicted molar refractivity (Wildman–Crippen MR) is 109 cm³/mol. The molecule has 1 saturated heterocycles. The van der Waals surface area contributed by atoms with Gasteiger partial charge >= 0.3 is 0 Å². The van der Waals surface area contributed by atoms with Crippen LogP contribution in [0.15, 0.2) is 36.5 Å². The van der Waals surface area contributed by atoms with Crippen LogP contribution >= 0.6 is 0 Å². The molecular formula is C23H27N3O3. The van der Waals surface area contributed by atoms with E-state index in [4.69, 9.17) is 4.74 Å². The molecule has 1 atom stereocenters. The SMILES string of the molecule is Cc1ccc(C)c(Oc2ccc(CNC(=O)[C@@H]3CC(=O)N(CC4CC4)C3)cn2)c1. The van der Waals surface area contributed by atoms with Crippen molar-refractivity contribution in [2.75, 3.05) is 13.1 Å². The maximum atomic E-state index is 12.5. The third kappa shape index (κ3) is 4.94. The van der Waals surface area contributed by atoms with Crippen molar-refractivity contribution in [3.05, 3.63) is 53.2 Å². The summed E-state index contributed by atoms with van der Waals surface area (Å²) in [4.78, 5) is 30.7. The van der Waals surface area contributed by atoms with Crippen LogP contribution in [0.1, 0.15) is 36.0 Å². The Labute approximate surface area is 171 Å². The molecule has 2 aromatic rings. The summed E-state index contributed by atoms with van der Waals surface area (Å²) < 4.78 is 5.87. The first-order valence-corrected chi connectivity index (χ1v) is 10.2. The fraction of sp³-hybridized carbons (Fsp3) is 0.435. The molecule has 1 aromatic carbocycles. The lowest BCUT2D eigenvalue weighted by Crippen LogP contribution is -2.33. The van der Waals surface area contributed by atoms with Crippen LogP contribution in [0.5, 0.6) is 11.6 Å². The van der Waals surface area contributed by atoms with Gasteiger partial charge in [-0.3, -0.25) is 9.59 Å². The summed E-state index contributed by atoms with van der Waals surface area (Å²) in [5, 5.41) is 2.94. The van der Waals surface area contributed by atoms with Crippen LogP contribution in [-0.2, 0) is 16.1 Å². The maximum absolute atomic E-state index is 12.5. The lowest BCUT2D eigenvalue weighted by Gasteiger charge is -2.16. The van der Waals surface area contributed by atoms with Gasteiger partial charge in [0.15, 0.2) is 0 Å². The molecule has 0 spiro atoms. The highest BCUT2D eigenvalue weighted by Crippen LogP contribution is 2.32. The lowest BCUT2D eigenvalue weighted by atomic mass is 10.1. The van der Waals surface area contributed by atoms with Crippen LogP contribution in [0.25, 0.3) is 0 Å². The van der Waals surface area contributed by atoms with Gasteiger partial charge in [0.25, 0.3) is 0 Å². The summed E-state index contributed by atoms with van der Waals surface area (Å²) in [6.45, 7) is 5.77. The zero-order valence-corrected chi connectivity index (χ0v) is 17.0. The first-order chi connectivity index (χ1) is 14.0. The highest BCUT2D eigenvalue weighted by molar-refractivity contribution is 5.89. The second kappa shape index (κ2) is 8.23. The number of carbonyl (C=O) groups is 2. The third-order valence-electron chi connectivity index (χ3n) is 5.58. The number of ether oxygens (including phenoxy) is 1. The number of nitrogens with zero attached hydrogens (tertiary/aromatic N) is 2. The standard InChI is InChI=1S/C23H27N3O3/c1-15-3-4-16(2)20(9-15)29-21-8-7-18(11-24-21)12-25-23(28)19-10-22(27)26(14-19)13-17-5-6-17/h3-4,7-9,11,17,19H,5-6,10,12-14H2,1-2H3,(H,25,28)/t19-/m1/s1. The minimum Gasteiger partial charge on any atom is -0.439 e. The van der Waals surface area contributed by atoms with Crippen molar-refractivity contribution in [3.8, 4) is 11.6 Å². The van der Waals surface area contributed by atoms with Gasteiger partial charge in [0, 0.05) is 38.3 Å². The zero-order chi connectivity index (χ0) is 20.4. The molecule has 1 aliphatic carbocycles. The number of nitrogens with one attached hydrogen (secondary N) is 1. The molecule has 152 valence electrons. The largest absolute Gasteiger partial charge is 0.439 e. The van der Waals surface area contributed by atoms with Crippen molar-refractivity contribution in [1.29, 1.82) is 0 Å². The molecule has 1 aliphatic heterocycles. The first kappa shape index (κ1) is 19.4. The monoisotopic (exact) mass is 393 g/mol. The fourth-order valence-corrected chi connectivity index (χ4v) is 3.58. The van der Waals surface area contributed by atoms with Gasteiger partial charge in [-0.1, -0.05) is 18.2 Å². The molecule has 0 radical (unpaired) electrons. The molecule has 29 heavy (non-hydrogen) atoms. The molecule has 1 N–H and O–H groups in total. The highest BCUT2D eigenvalue weighted by atomic mass is 16.5. The van der Waals surface area contributed by atoms with E-state index in [2.05, 4.69) is 10.3 Å². The number of pyridine rings is 1. The Morgan fingerprint density at radius 2 is 2.07 bits per heavy atom. The number of aromatic nitrogens is 1. The average molecular weight is 393 g/mol. The maximum Gasteiger partial charge on any atom is 0.225 e. The molecule has 2 aliphatic rings. The van der Waals surface area contributed by atoms with Crippen LogP contribution in [0.3, 0.4) is 0 Å². The zero-order valence-electron chi connectivity index (χ0n) is 17.0. The summed E-state index contributed by atoms with van der Waals surface area (Å²) in [5.74, 6) is 1.75. The summed E-state index contributed by atoms with van der Waals surface area (Å²) >= 11 is 0. The van der Waals surface area contributed by atoms with Gasteiger partial charge < -0.3 is 15.0 Å². The second-order valence-corrected chi connectivity index (χ2v) is 8.24. The van der Waals surface area contributed by atoms with Gasteiger partial charge in [0.2, 0.25) is 17.7 Å². The van der Waals surface area contributed by atoms with E-state index in [1.165, 1.54) is 12.8 Å². The minimum absolute atomic E-state index is 0.0626. The molecule has 2 fully saturated rings. The van der Waals surface area contributed by atoms with E-state index < -0.39 is 0 Å². The number of rotatable bonds is 7. The smallest absolute Gasteiger partial charge is 0.225 e. The second-order valence-electron chi connectivity index (χ2n) is 8.24. The van der Waals surface area contributed by atoms with Crippen molar-refractivity contribution in [2.45, 2.75) is 39.7 Å². The first-order valence-electron chi connectivity index (χ1n) is 10.2. The van der Waals surface area contributed by atoms with Crippen molar-refractivity contribution < 1.29 is 14.3 Å². The van der Waals surface area contributed by atoms with E-state index in [0.29, 0.717) is 31.3 Å². The van der Waals surface area contributed by atoms with Crippen LogP contribution in [0.2, 0.25) is 0 Å². The number of aryl methyl sites for hydroxylation is 2. The van der Waals surface area contributed by atoms with Crippen molar-refractivity contribution in [2.24, 2.45) is 11.8 Å². The molecule has 6 heteroatoms. The van der Waals surface area contributed by atoms with Gasteiger partial charge in [-0.25, -0.2) is 4.98 Å². The number of amides is 2. The number of carbonyl (C=O) groups excluding carboxylic acids is 2. The Morgan fingerprint density at radius 1 is 1.24 bits per heavy atom. The summed E-state index contributed by atoms with van der Waals surface area (Å²) in [7, 11) is 0. The van der Waals surface area contributed by atoms with Crippen LogP contribution in [0, 0.1) is 25.7 Å². The predicted octanol–water partition coefficient (Wildman–Crippen LogP) is 3.37. The van der Waals surface area contributed by atoms with Crippen molar-refractivity contribution >= 4 is 11.8 Å². The third-order valence-corrected chi connectivity index (χ3v) is 5.58. The highest BCUT2D eigenvalue weighted by Gasteiger charge is 2.36. The summed E-state index contributed by atoms with van der Waals surface area (Å²) in [5.41, 5.74) is 3.08. The Bertz CT molecular complexity index is 906. The topological polar surface area (TPSA) is 71.5 Å². The molecule has 0 unspecified atom stereocenters. The summed E-state index contributed by atoms with van der Waals surface area (Å²) in [6.07, 6.45) is 4.44. The molecule has 4 rings (SSSR count). The van der Waals surface area contributed by atoms with Crippen molar-refractivity contribution in [3.63, 3.8) is 0 Å². The summed E-state index contributed by atoms with van der Waals surface area (Å²) in [6, 6.07) is 9.76. The van der Waals surface area contributed by atoms with Gasteiger partial charge in [0.1, 0.15) is 5.75 Å². The van der Waals surface area contributed by atoms with E-state index in [1.807, 2.05) is 43.0 Å². The average Bonchev–Trinajstić information content (AvgIpc) is 3.45. The van der Waals surface area contributed by atoms with Crippen LogP contribution in [0.4, 0.5) is 0 Å².